The van der Waals surface area contributed by atoms with Crippen LogP contribution in [-0.2, 0) is 16.8 Å². The van der Waals surface area contributed by atoms with Crippen LogP contribution in [0.3, 0.4) is 0 Å². The van der Waals surface area contributed by atoms with Crippen LogP contribution in [0.5, 0.6) is 0 Å². The van der Waals surface area contributed by atoms with E-state index >= 15 is 0 Å². The van der Waals surface area contributed by atoms with E-state index in [1.807, 2.05) is 25.2 Å². The van der Waals surface area contributed by atoms with Crippen molar-refractivity contribution in [1.29, 1.82) is 0 Å². The van der Waals surface area contributed by atoms with Crippen LogP contribution >= 0.6 is 0 Å². The first-order chi connectivity index (χ1) is 9.92. The second-order valence-corrected chi connectivity index (χ2v) is 7.73. The molecule has 5 nitrogen and oxygen atoms in total. The number of anilines is 1. The summed E-state index contributed by atoms with van der Waals surface area (Å²) < 4.78 is 29.5. The van der Waals surface area contributed by atoms with Gasteiger partial charge in [-0.2, -0.15) is 12.7 Å². The van der Waals surface area contributed by atoms with E-state index in [0.29, 0.717) is 37.2 Å². The van der Waals surface area contributed by atoms with Crippen LogP contribution in [0.25, 0.3) is 0 Å². The van der Waals surface area contributed by atoms with E-state index in [2.05, 4.69) is 23.9 Å². The number of hydrogen-bond acceptors (Lipinski definition) is 3. The van der Waals surface area contributed by atoms with Crippen LogP contribution in [0.15, 0.2) is 24.3 Å². The van der Waals surface area contributed by atoms with Gasteiger partial charge < -0.3 is 5.32 Å². The van der Waals surface area contributed by atoms with Gasteiger partial charge >= 0.3 is 10.2 Å². The molecule has 1 heterocycles. The molecule has 1 fully saturated rings. The summed E-state index contributed by atoms with van der Waals surface area (Å²) in [7, 11) is -1.64. The van der Waals surface area contributed by atoms with E-state index in [9.17, 15) is 8.42 Å². The van der Waals surface area contributed by atoms with Gasteiger partial charge in [-0.1, -0.05) is 32.0 Å². The molecule has 2 rings (SSSR count). The maximum Gasteiger partial charge on any atom is 0.301 e. The molecular weight excluding hydrogens is 286 g/mol. The Morgan fingerprint density at radius 1 is 1.19 bits per heavy atom. The number of rotatable bonds is 5. The van der Waals surface area contributed by atoms with Gasteiger partial charge in [0.05, 0.1) is 5.69 Å². The molecule has 0 saturated carbocycles. The lowest BCUT2D eigenvalue weighted by molar-refractivity contribution is 0.223. The summed E-state index contributed by atoms with van der Waals surface area (Å²) in [5, 5.41) is 3.06. The number of benzene rings is 1. The van der Waals surface area contributed by atoms with Crippen LogP contribution in [0.4, 0.5) is 5.69 Å². The Hall–Kier alpha value is -1.11. The SMILES string of the molecule is CNCc1ccccc1NS(=O)(=O)N1CC(C)CC(C)C1. The Balaban J connectivity index is 2.17. The molecule has 1 aliphatic rings. The van der Waals surface area contributed by atoms with Crippen molar-refractivity contribution >= 4 is 15.9 Å². The smallest absolute Gasteiger partial charge is 0.301 e. The van der Waals surface area contributed by atoms with Crippen molar-refractivity contribution in [2.24, 2.45) is 11.8 Å². The number of nitrogens with zero attached hydrogens (tertiary/aromatic N) is 1. The third kappa shape index (κ3) is 4.18. The fraction of sp³-hybridized carbons (Fsp3) is 0.600. The molecule has 0 radical (unpaired) electrons. The molecule has 0 spiro atoms. The van der Waals surface area contributed by atoms with E-state index in [1.165, 1.54) is 0 Å². The van der Waals surface area contributed by atoms with Crippen molar-refractivity contribution in [3.63, 3.8) is 0 Å². The van der Waals surface area contributed by atoms with Gasteiger partial charge in [-0.05, 0) is 36.9 Å². The van der Waals surface area contributed by atoms with Gasteiger partial charge in [0, 0.05) is 19.6 Å². The molecule has 0 amide bonds. The fourth-order valence-electron chi connectivity index (χ4n) is 2.97. The lowest BCUT2D eigenvalue weighted by Gasteiger charge is -2.34. The topological polar surface area (TPSA) is 61.4 Å². The van der Waals surface area contributed by atoms with Crippen molar-refractivity contribution in [2.45, 2.75) is 26.8 Å². The van der Waals surface area contributed by atoms with Crippen molar-refractivity contribution in [2.75, 3.05) is 24.9 Å². The lowest BCUT2D eigenvalue weighted by Crippen LogP contribution is -2.45. The Morgan fingerprint density at radius 2 is 1.81 bits per heavy atom. The third-order valence-corrected chi connectivity index (χ3v) is 5.25. The predicted molar refractivity (Wildman–Crippen MR) is 86.3 cm³/mol. The molecule has 1 saturated heterocycles. The van der Waals surface area contributed by atoms with Crippen LogP contribution in [0, 0.1) is 11.8 Å². The van der Waals surface area contributed by atoms with Crippen molar-refractivity contribution in [3.05, 3.63) is 29.8 Å². The van der Waals surface area contributed by atoms with Crippen LogP contribution in [0.1, 0.15) is 25.8 Å². The number of piperidine rings is 1. The summed E-state index contributed by atoms with van der Waals surface area (Å²) in [6, 6.07) is 7.49. The van der Waals surface area contributed by atoms with Gasteiger partial charge in [0.1, 0.15) is 0 Å². The zero-order valence-corrected chi connectivity index (χ0v) is 13.8. The van der Waals surface area contributed by atoms with Gasteiger partial charge in [0.2, 0.25) is 0 Å². The first-order valence-electron chi connectivity index (χ1n) is 7.42. The Bertz CT molecular complexity index is 564. The average Bonchev–Trinajstić information content (AvgIpc) is 2.40. The summed E-state index contributed by atoms with van der Waals surface area (Å²) in [4.78, 5) is 0. The highest BCUT2D eigenvalue weighted by molar-refractivity contribution is 7.90. The molecule has 1 aromatic carbocycles. The summed E-state index contributed by atoms with van der Waals surface area (Å²) in [6.07, 6.45) is 1.09. The largest absolute Gasteiger partial charge is 0.316 e. The predicted octanol–water partition coefficient (Wildman–Crippen LogP) is 2.04. The average molecular weight is 311 g/mol. The van der Waals surface area contributed by atoms with Crippen LogP contribution in [-0.4, -0.2) is 32.9 Å². The summed E-state index contributed by atoms with van der Waals surface area (Å²) >= 11 is 0. The molecular formula is C15H25N3O2S. The molecule has 1 aliphatic heterocycles. The summed E-state index contributed by atoms with van der Waals surface area (Å²) in [5.41, 5.74) is 1.60. The van der Waals surface area contributed by atoms with Gasteiger partial charge in [-0.25, -0.2) is 0 Å². The zero-order valence-electron chi connectivity index (χ0n) is 13.0. The zero-order chi connectivity index (χ0) is 15.5. The van der Waals surface area contributed by atoms with Gasteiger partial charge in [0.25, 0.3) is 0 Å². The maximum absolute atomic E-state index is 12.6. The highest BCUT2D eigenvalue weighted by Crippen LogP contribution is 2.25. The molecule has 118 valence electrons. The minimum atomic E-state index is -3.49. The molecule has 0 aromatic heterocycles. The lowest BCUT2D eigenvalue weighted by atomic mass is 9.94. The second-order valence-electron chi connectivity index (χ2n) is 6.06. The number of nitrogens with one attached hydrogen (secondary N) is 2. The van der Waals surface area contributed by atoms with E-state index in [1.54, 1.807) is 10.4 Å². The van der Waals surface area contributed by atoms with E-state index in [0.717, 1.165) is 12.0 Å². The Kier molecular flexibility index (Phi) is 5.24. The molecule has 2 N–H and O–H groups in total. The minimum Gasteiger partial charge on any atom is -0.316 e. The van der Waals surface area contributed by atoms with Crippen molar-refractivity contribution in [1.82, 2.24) is 9.62 Å². The van der Waals surface area contributed by atoms with Crippen molar-refractivity contribution < 1.29 is 8.42 Å². The van der Waals surface area contributed by atoms with Gasteiger partial charge in [0.15, 0.2) is 0 Å². The number of para-hydroxylation sites is 1. The summed E-state index contributed by atoms with van der Waals surface area (Å²) in [5.74, 6) is 0.802. The van der Waals surface area contributed by atoms with Crippen LogP contribution < -0.4 is 10.0 Å². The van der Waals surface area contributed by atoms with E-state index in [-0.39, 0.29) is 0 Å². The molecule has 0 bridgehead atoms. The molecule has 2 atom stereocenters. The first-order valence-corrected chi connectivity index (χ1v) is 8.86. The van der Waals surface area contributed by atoms with E-state index < -0.39 is 10.2 Å². The molecule has 21 heavy (non-hydrogen) atoms. The minimum absolute atomic E-state index is 0.401. The standard InChI is InChI=1S/C15H25N3O2S/c1-12-8-13(2)11-18(10-12)21(19,20)17-15-7-5-4-6-14(15)9-16-3/h4-7,12-13,16-17H,8-11H2,1-3H3. The molecule has 6 heteroatoms. The third-order valence-electron chi connectivity index (χ3n) is 3.80. The molecule has 2 unspecified atom stereocenters. The van der Waals surface area contributed by atoms with Crippen molar-refractivity contribution in [3.8, 4) is 0 Å². The highest BCUT2D eigenvalue weighted by Gasteiger charge is 2.30. The molecule has 1 aromatic rings. The maximum atomic E-state index is 12.6. The summed E-state index contributed by atoms with van der Waals surface area (Å²) in [6.45, 7) is 6.02. The van der Waals surface area contributed by atoms with Gasteiger partial charge in [-0.15, -0.1) is 0 Å². The Morgan fingerprint density at radius 3 is 2.43 bits per heavy atom. The fourth-order valence-corrected chi connectivity index (χ4v) is 4.48. The highest BCUT2D eigenvalue weighted by atomic mass is 32.2. The quantitative estimate of drug-likeness (QED) is 0.875. The monoisotopic (exact) mass is 311 g/mol. The van der Waals surface area contributed by atoms with Crippen LogP contribution in [0.2, 0.25) is 0 Å². The second kappa shape index (κ2) is 6.77. The Labute approximate surface area is 127 Å². The normalized spacial score (nSPS) is 24.0. The van der Waals surface area contributed by atoms with Gasteiger partial charge in [-0.3, -0.25) is 4.72 Å². The first kappa shape index (κ1) is 16.3. The van der Waals surface area contributed by atoms with E-state index in [4.69, 9.17) is 0 Å². The molecule has 0 aliphatic carbocycles. The number of hydrogen-bond donors (Lipinski definition) is 2.